The number of carbonyl (C=O) groups excluding carboxylic acids is 1. The molecule has 2 N–H and O–H groups in total. The van der Waals surface area contributed by atoms with E-state index in [1.165, 1.54) is 25.3 Å². The van der Waals surface area contributed by atoms with Gasteiger partial charge in [-0.2, -0.15) is 0 Å². The van der Waals surface area contributed by atoms with E-state index >= 15 is 0 Å². The molecular formula is C16H14BrNO5. The zero-order chi connectivity index (χ0) is 16.8. The molecule has 0 aliphatic carbocycles. The molecule has 0 bridgehead atoms. The lowest BCUT2D eigenvalue weighted by molar-refractivity contribution is -0.118. The van der Waals surface area contributed by atoms with Crippen LogP contribution in [0.25, 0.3) is 0 Å². The van der Waals surface area contributed by atoms with Gasteiger partial charge in [0.15, 0.2) is 6.61 Å². The molecule has 2 aromatic rings. The molecule has 2 rings (SSSR count). The van der Waals surface area contributed by atoms with Crippen LogP contribution in [0.1, 0.15) is 10.4 Å². The van der Waals surface area contributed by atoms with Gasteiger partial charge in [0.05, 0.1) is 18.4 Å². The minimum atomic E-state index is -1.09. The summed E-state index contributed by atoms with van der Waals surface area (Å²) in [7, 11) is 1.43. The van der Waals surface area contributed by atoms with E-state index in [1.54, 1.807) is 24.3 Å². The number of ether oxygens (including phenoxy) is 2. The highest BCUT2D eigenvalue weighted by Gasteiger charge is 2.12. The van der Waals surface area contributed by atoms with Crippen molar-refractivity contribution in [2.75, 3.05) is 19.0 Å². The second-order valence-electron chi connectivity index (χ2n) is 4.51. The van der Waals surface area contributed by atoms with Crippen molar-refractivity contribution in [1.29, 1.82) is 0 Å². The SMILES string of the molecule is COc1ccc(C(=O)O)cc1NC(=O)COc1ccc(Br)cc1. The van der Waals surface area contributed by atoms with E-state index in [9.17, 15) is 9.59 Å². The Morgan fingerprint density at radius 3 is 2.48 bits per heavy atom. The number of halogens is 1. The van der Waals surface area contributed by atoms with Crippen LogP contribution in [0, 0.1) is 0 Å². The Labute approximate surface area is 141 Å². The molecule has 2 aromatic carbocycles. The van der Waals surface area contributed by atoms with E-state index in [1.807, 2.05) is 0 Å². The number of rotatable bonds is 6. The summed E-state index contributed by atoms with van der Waals surface area (Å²) in [6, 6.07) is 11.3. The Balaban J connectivity index is 2.02. The number of anilines is 1. The number of carbonyl (C=O) groups is 2. The molecule has 1 amide bonds. The quantitative estimate of drug-likeness (QED) is 0.804. The zero-order valence-electron chi connectivity index (χ0n) is 12.2. The lowest BCUT2D eigenvalue weighted by Gasteiger charge is -2.11. The molecule has 0 aromatic heterocycles. The second-order valence-corrected chi connectivity index (χ2v) is 5.43. The van der Waals surface area contributed by atoms with Gasteiger partial charge in [0.2, 0.25) is 0 Å². The van der Waals surface area contributed by atoms with Crippen molar-refractivity contribution in [2.24, 2.45) is 0 Å². The fourth-order valence-corrected chi connectivity index (χ4v) is 2.07. The van der Waals surface area contributed by atoms with Crippen molar-refractivity contribution in [3.8, 4) is 11.5 Å². The summed E-state index contributed by atoms with van der Waals surface area (Å²) in [4.78, 5) is 22.9. The first-order chi connectivity index (χ1) is 11.0. The van der Waals surface area contributed by atoms with Crippen LogP contribution in [0.3, 0.4) is 0 Å². The van der Waals surface area contributed by atoms with Crippen molar-refractivity contribution >= 4 is 33.5 Å². The van der Waals surface area contributed by atoms with Crippen LogP contribution < -0.4 is 14.8 Å². The number of amides is 1. The summed E-state index contributed by atoms with van der Waals surface area (Å²) in [5, 5.41) is 11.6. The van der Waals surface area contributed by atoms with Crippen molar-refractivity contribution in [3.63, 3.8) is 0 Å². The van der Waals surface area contributed by atoms with Gasteiger partial charge in [-0.3, -0.25) is 4.79 Å². The number of aromatic carboxylic acids is 1. The predicted octanol–water partition coefficient (Wildman–Crippen LogP) is 3.17. The third-order valence-corrected chi connectivity index (χ3v) is 3.43. The molecule has 0 saturated carbocycles. The van der Waals surface area contributed by atoms with Gasteiger partial charge >= 0.3 is 5.97 Å². The van der Waals surface area contributed by atoms with Crippen LogP contribution >= 0.6 is 15.9 Å². The predicted molar refractivity (Wildman–Crippen MR) is 88.2 cm³/mol. The number of methoxy groups -OCH3 is 1. The van der Waals surface area contributed by atoms with E-state index in [-0.39, 0.29) is 17.9 Å². The minimum absolute atomic E-state index is 0.0509. The Bertz CT molecular complexity index is 715. The van der Waals surface area contributed by atoms with Crippen LogP contribution in [-0.2, 0) is 4.79 Å². The molecule has 0 spiro atoms. The highest BCUT2D eigenvalue weighted by Crippen LogP contribution is 2.25. The van der Waals surface area contributed by atoms with Crippen molar-refractivity contribution in [2.45, 2.75) is 0 Å². The molecule has 6 nitrogen and oxygen atoms in total. The molecule has 0 aliphatic rings. The van der Waals surface area contributed by atoms with Gasteiger partial charge in [0, 0.05) is 4.47 Å². The first-order valence-corrected chi connectivity index (χ1v) is 7.38. The number of nitrogens with one attached hydrogen (secondary N) is 1. The van der Waals surface area contributed by atoms with E-state index < -0.39 is 11.9 Å². The standard InChI is InChI=1S/C16H14BrNO5/c1-22-14-7-2-10(16(20)21)8-13(14)18-15(19)9-23-12-5-3-11(17)4-6-12/h2-8H,9H2,1H3,(H,18,19)(H,20,21). The third kappa shape index (κ3) is 4.72. The number of benzene rings is 2. The molecule has 0 radical (unpaired) electrons. The first kappa shape index (κ1) is 16.8. The molecule has 23 heavy (non-hydrogen) atoms. The molecule has 0 fully saturated rings. The Hall–Kier alpha value is -2.54. The minimum Gasteiger partial charge on any atom is -0.495 e. The normalized spacial score (nSPS) is 10.0. The maximum absolute atomic E-state index is 12.0. The summed E-state index contributed by atoms with van der Waals surface area (Å²) < 4.78 is 11.4. The Morgan fingerprint density at radius 1 is 1.17 bits per heavy atom. The monoisotopic (exact) mass is 379 g/mol. The van der Waals surface area contributed by atoms with Crippen LogP contribution in [0.5, 0.6) is 11.5 Å². The zero-order valence-corrected chi connectivity index (χ0v) is 13.8. The summed E-state index contributed by atoms with van der Waals surface area (Å²) in [6.45, 7) is -0.206. The smallest absolute Gasteiger partial charge is 0.335 e. The molecule has 0 heterocycles. The van der Waals surface area contributed by atoms with E-state index in [2.05, 4.69) is 21.2 Å². The summed E-state index contributed by atoms with van der Waals surface area (Å²) in [5.41, 5.74) is 0.326. The lowest BCUT2D eigenvalue weighted by atomic mass is 10.2. The summed E-state index contributed by atoms with van der Waals surface area (Å²) >= 11 is 3.31. The average molecular weight is 380 g/mol. The van der Waals surface area contributed by atoms with Crippen LogP contribution in [0.4, 0.5) is 5.69 Å². The molecule has 0 saturated heterocycles. The maximum atomic E-state index is 12.0. The van der Waals surface area contributed by atoms with Gasteiger partial charge in [-0.15, -0.1) is 0 Å². The average Bonchev–Trinajstić information content (AvgIpc) is 2.54. The van der Waals surface area contributed by atoms with Gasteiger partial charge < -0.3 is 19.9 Å². The summed E-state index contributed by atoms with van der Waals surface area (Å²) in [6.07, 6.45) is 0. The highest BCUT2D eigenvalue weighted by molar-refractivity contribution is 9.10. The fourth-order valence-electron chi connectivity index (χ4n) is 1.80. The van der Waals surface area contributed by atoms with Gasteiger partial charge in [-0.25, -0.2) is 4.79 Å². The van der Waals surface area contributed by atoms with Gasteiger partial charge in [0.1, 0.15) is 11.5 Å². The molecule has 7 heteroatoms. The molecule has 0 atom stereocenters. The van der Waals surface area contributed by atoms with Gasteiger partial charge in [0.25, 0.3) is 5.91 Å². The molecular weight excluding hydrogens is 366 g/mol. The van der Waals surface area contributed by atoms with Crippen LogP contribution in [0.2, 0.25) is 0 Å². The topological polar surface area (TPSA) is 84.9 Å². The highest BCUT2D eigenvalue weighted by atomic mass is 79.9. The van der Waals surface area contributed by atoms with Gasteiger partial charge in [-0.05, 0) is 42.5 Å². The van der Waals surface area contributed by atoms with Gasteiger partial charge in [-0.1, -0.05) is 15.9 Å². The first-order valence-electron chi connectivity index (χ1n) is 6.59. The number of carboxylic acid groups (broad SMARTS) is 1. The van der Waals surface area contributed by atoms with E-state index in [0.29, 0.717) is 11.5 Å². The van der Waals surface area contributed by atoms with Crippen molar-refractivity contribution < 1.29 is 24.2 Å². The Morgan fingerprint density at radius 2 is 1.87 bits per heavy atom. The molecule has 0 aliphatic heterocycles. The lowest BCUT2D eigenvalue weighted by Crippen LogP contribution is -2.20. The third-order valence-electron chi connectivity index (χ3n) is 2.90. The molecule has 0 unspecified atom stereocenters. The van der Waals surface area contributed by atoms with E-state index in [0.717, 1.165) is 4.47 Å². The van der Waals surface area contributed by atoms with E-state index in [4.69, 9.17) is 14.6 Å². The Kier molecular flexibility index (Phi) is 5.59. The number of hydrogen-bond donors (Lipinski definition) is 2. The fraction of sp³-hybridized carbons (Fsp3) is 0.125. The van der Waals surface area contributed by atoms with Crippen LogP contribution in [0.15, 0.2) is 46.9 Å². The van der Waals surface area contributed by atoms with Crippen molar-refractivity contribution in [3.05, 3.63) is 52.5 Å². The largest absolute Gasteiger partial charge is 0.495 e. The summed E-state index contributed by atoms with van der Waals surface area (Å²) in [5.74, 6) is -0.593. The molecule has 120 valence electrons. The number of carboxylic acids is 1. The van der Waals surface area contributed by atoms with Crippen LogP contribution in [-0.4, -0.2) is 30.7 Å². The van der Waals surface area contributed by atoms with Crippen molar-refractivity contribution in [1.82, 2.24) is 0 Å². The maximum Gasteiger partial charge on any atom is 0.335 e. The second kappa shape index (κ2) is 7.64. The number of hydrogen-bond acceptors (Lipinski definition) is 4.